The van der Waals surface area contributed by atoms with Crippen LogP contribution in [0.2, 0.25) is 0 Å². The molecule has 1 aliphatic heterocycles. The fraction of sp³-hybridized carbons (Fsp3) is 0.800. The molecule has 4 atom stereocenters. The molecule has 0 aromatic rings. The Morgan fingerprint density at radius 1 is 1.12 bits per heavy atom. The van der Waals surface area contributed by atoms with Crippen molar-refractivity contribution >= 4 is 17.8 Å². The first-order chi connectivity index (χ1) is 14.6. The van der Waals surface area contributed by atoms with Gasteiger partial charge in [0, 0.05) is 25.2 Å². The van der Waals surface area contributed by atoms with Crippen molar-refractivity contribution in [2.75, 3.05) is 13.6 Å². The van der Waals surface area contributed by atoms with E-state index in [0.29, 0.717) is 5.92 Å². The Kier molecular flexibility index (Phi) is 9.94. The predicted octanol–water partition coefficient (Wildman–Crippen LogP) is 3.54. The lowest BCUT2D eigenvalue weighted by molar-refractivity contribution is -0.142. The van der Waals surface area contributed by atoms with Crippen molar-refractivity contribution in [3.8, 4) is 0 Å². The molecule has 1 heterocycles. The average Bonchev–Trinajstić information content (AvgIpc) is 2.67. The number of rotatable bonds is 8. The van der Waals surface area contributed by atoms with Gasteiger partial charge < -0.3 is 15.3 Å². The molecule has 1 fully saturated rings. The van der Waals surface area contributed by atoms with Crippen molar-refractivity contribution in [2.24, 2.45) is 17.3 Å². The minimum Gasteiger partial charge on any atom is -0.478 e. The van der Waals surface area contributed by atoms with Gasteiger partial charge in [-0.1, -0.05) is 47.6 Å². The maximum absolute atomic E-state index is 13.6. The summed E-state index contributed by atoms with van der Waals surface area (Å²) < 4.78 is 0. The number of likely N-dealkylation sites (tertiary alicyclic amines) is 1. The van der Waals surface area contributed by atoms with Crippen LogP contribution in [-0.2, 0) is 14.4 Å². The van der Waals surface area contributed by atoms with Gasteiger partial charge in [0.1, 0.15) is 6.04 Å². The highest BCUT2D eigenvalue weighted by molar-refractivity contribution is 5.91. The fourth-order valence-corrected chi connectivity index (χ4v) is 4.36. The second-order valence-corrected chi connectivity index (χ2v) is 11.1. The molecule has 7 heteroatoms. The van der Waals surface area contributed by atoms with Gasteiger partial charge in [-0.2, -0.15) is 0 Å². The van der Waals surface area contributed by atoms with Crippen LogP contribution in [0.25, 0.3) is 0 Å². The normalized spacial score (nSPS) is 22.6. The summed E-state index contributed by atoms with van der Waals surface area (Å²) in [7, 11) is 1.69. The van der Waals surface area contributed by atoms with Gasteiger partial charge in [0.2, 0.25) is 11.8 Å². The van der Waals surface area contributed by atoms with Crippen LogP contribution in [-0.4, -0.2) is 70.4 Å². The smallest absolute Gasteiger partial charge is 0.331 e. The maximum Gasteiger partial charge on any atom is 0.331 e. The molecule has 0 unspecified atom stereocenters. The van der Waals surface area contributed by atoms with Crippen molar-refractivity contribution in [3.05, 3.63) is 11.6 Å². The highest BCUT2D eigenvalue weighted by atomic mass is 16.4. The first kappa shape index (κ1) is 28.1. The van der Waals surface area contributed by atoms with Crippen molar-refractivity contribution in [3.63, 3.8) is 0 Å². The summed E-state index contributed by atoms with van der Waals surface area (Å²) in [6.45, 7) is 18.5. The molecule has 184 valence electrons. The van der Waals surface area contributed by atoms with Crippen LogP contribution in [0.15, 0.2) is 11.6 Å². The third-order valence-electron chi connectivity index (χ3n) is 6.46. The number of piperidine rings is 1. The van der Waals surface area contributed by atoms with E-state index in [1.54, 1.807) is 18.0 Å². The minimum atomic E-state index is -1.00. The van der Waals surface area contributed by atoms with Crippen molar-refractivity contribution in [1.29, 1.82) is 0 Å². The number of aliphatic carboxylic acids is 1. The molecule has 0 aromatic heterocycles. The van der Waals surface area contributed by atoms with Crippen LogP contribution in [0.3, 0.4) is 0 Å². The first-order valence-electron chi connectivity index (χ1n) is 11.8. The number of nitrogens with zero attached hydrogens (tertiary/aromatic N) is 2. The number of hydrogen-bond acceptors (Lipinski definition) is 4. The Bertz CT molecular complexity index is 708. The van der Waals surface area contributed by atoms with E-state index in [1.165, 1.54) is 6.92 Å². The Morgan fingerprint density at radius 2 is 1.69 bits per heavy atom. The zero-order chi connectivity index (χ0) is 25.0. The molecule has 0 radical (unpaired) electrons. The van der Waals surface area contributed by atoms with Gasteiger partial charge in [0.15, 0.2) is 0 Å². The quantitative estimate of drug-likeness (QED) is 0.551. The van der Waals surface area contributed by atoms with E-state index < -0.39 is 17.4 Å². The lowest BCUT2D eigenvalue weighted by atomic mass is 9.84. The number of likely N-dealkylation sites (N-methyl/N-ethyl adjacent to an activating group) is 1. The number of carboxylic acids is 1. The minimum absolute atomic E-state index is 0.0193. The molecule has 32 heavy (non-hydrogen) atoms. The molecule has 2 N–H and O–H groups in total. The van der Waals surface area contributed by atoms with Crippen LogP contribution in [0.5, 0.6) is 0 Å². The van der Waals surface area contributed by atoms with Crippen LogP contribution >= 0.6 is 0 Å². The average molecular weight is 452 g/mol. The van der Waals surface area contributed by atoms with Crippen LogP contribution in [0, 0.1) is 17.3 Å². The third-order valence-corrected chi connectivity index (χ3v) is 6.46. The molecule has 7 nitrogen and oxygen atoms in total. The van der Waals surface area contributed by atoms with Crippen LogP contribution < -0.4 is 5.32 Å². The number of hydrogen-bond donors (Lipinski definition) is 2. The maximum atomic E-state index is 13.6. The SMILES string of the molecule is C/C(=C\[C@H](C(C)C)N(C)C(=O)[C@@H](NC(=O)[C@@H]1CC[C@H](C)CN1C(C)C)C(C)(C)C)C(=O)O. The molecule has 1 saturated heterocycles. The summed E-state index contributed by atoms with van der Waals surface area (Å²) in [5.74, 6) is -0.753. The van der Waals surface area contributed by atoms with E-state index >= 15 is 0 Å². The molecule has 0 aliphatic carbocycles. The largest absolute Gasteiger partial charge is 0.478 e. The zero-order valence-corrected chi connectivity index (χ0v) is 21.7. The van der Waals surface area contributed by atoms with Crippen LogP contribution in [0.4, 0.5) is 0 Å². The third kappa shape index (κ3) is 7.32. The molecule has 0 aromatic carbocycles. The summed E-state index contributed by atoms with van der Waals surface area (Å²) in [6, 6.07) is -1.10. The highest BCUT2D eigenvalue weighted by Crippen LogP contribution is 2.27. The standard InChI is InChI=1S/C25H45N3O4/c1-15(2)20(13-18(6)24(31)32)27(10)23(30)21(25(7,8)9)26-22(29)19-12-11-17(5)14-28(19)16(3)4/h13,15-17,19-21H,11-12,14H2,1-10H3,(H,26,29)(H,31,32)/b18-13+/t17-,19-,20+,21+/m0/s1. The lowest BCUT2D eigenvalue weighted by Crippen LogP contribution is -2.61. The topological polar surface area (TPSA) is 90.0 Å². The van der Waals surface area contributed by atoms with Gasteiger partial charge in [-0.05, 0) is 50.9 Å². The second-order valence-electron chi connectivity index (χ2n) is 11.1. The Hall–Kier alpha value is -1.89. The monoisotopic (exact) mass is 451 g/mol. The first-order valence-corrected chi connectivity index (χ1v) is 11.8. The number of carbonyl (C=O) groups excluding carboxylic acids is 2. The Morgan fingerprint density at radius 3 is 2.12 bits per heavy atom. The van der Waals surface area contributed by atoms with E-state index in [2.05, 4.69) is 31.0 Å². The zero-order valence-electron chi connectivity index (χ0n) is 21.7. The molecule has 2 amide bonds. The Labute approximate surface area is 194 Å². The molecule has 0 spiro atoms. The van der Waals surface area contributed by atoms with Gasteiger partial charge >= 0.3 is 5.97 Å². The van der Waals surface area contributed by atoms with Crippen molar-refractivity contribution in [1.82, 2.24) is 15.1 Å². The molecule has 0 bridgehead atoms. The van der Waals surface area contributed by atoms with Crippen molar-refractivity contribution in [2.45, 2.75) is 99.3 Å². The summed E-state index contributed by atoms with van der Waals surface area (Å²) in [4.78, 5) is 42.1. The van der Waals surface area contributed by atoms with E-state index in [9.17, 15) is 19.5 Å². The van der Waals surface area contributed by atoms with Gasteiger partial charge in [-0.3, -0.25) is 14.5 Å². The van der Waals surface area contributed by atoms with E-state index in [4.69, 9.17) is 0 Å². The van der Waals surface area contributed by atoms with Gasteiger partial charge in [0.05, 0.1) is 12.1 Å². The molecular formula is C25H45N3O4. The Balaban J connectivity index is 3.17. The lowest BCUT2D eigenvalue weighted by Gasteiger charge is -2.42. The van der Waals surface area contributed by atoms with E-state index in [-0.39, 0.29) is 41.4 Å². The van der Waals surface area contributed by atoms with Crippen molar-refractivity contribution < 1.29 is 19.5 Å². The van der Waals surface area contributed by atoms with Gasteiger partial charge in [-0.15, -0.1) is 0 Å². The van der Waals surface area contributed by atoms with Gasteiger partial charge in [-0.25, -0.2) is 4.79 Å². The van der Waals surface area contributed by atoms with E-state index in [0.717, 1.165) is 19.4 Å². The number of amides is 2. The van der Waals surface area contributed by atoms with Gasteiger partial charge in [0.25, 0.3) is 0 Å². The molecule has 1 rings (SSSR count). The van der Waals surface area contributed by atoms with E-state index in [1.807, 2.05) is 34.6 Å². The summed E-state index contributed by atoms with van der Waals surface area (Å²) in [5.41, 5.74) is -0.304. The molecular weight excluding hydrogens is 406 g/mol. The molecule has 1 aliphatic rings. The second kappa shape index (κ2) is 11.3. The highest BCUT2D eigenvalue weighted by Gasteiger charge is 2.40. The predicted molar refractivity (Wildman–Crippen MR) is 128 cm³/mol. The summed E-state index contributed by atoms with van der Waals surface area (Å²) in [5, 5.41) is 12.4. The number of nitrogens with one attached hydrogen (secondary N) is 1. The molecule has 0 saturated carbocycles. The van der Waals surface area contributed by atoms with Crippen LogP contribution in [0.1, 0.15) is 75.2 Å². The number of carboxylic acid groups (broad SMARTS) is 1. The number of carbonyl (C=O) groups is 3. The summed E-state index contributed by atoms with van der Waals surface area (Å²) in [6.07, 6.45) is 3.39. The summed E-state index contributed by atoms with van der Waals surface area (Å²) >= 11 is 0. The fourth-order valence-electron chi connectivity index (χ4n) is 4.36.